The standard InChI is InChI=1S/C18H36OSi/c1-7-11-12-16-15-17(13-14-18(16,5)6)19-20(8-2,9-3)10-4/h15-16H,7-14H2,1-6H3. The first-order valence-corrected chi connectivity index (χ1v) is 11.4. The fraction of sp³-hybridized carbons (Fsp3) is 0.889. The van der Waals surface area contributed by atoms with Gasteiger partial charge in [0.25, 0.3) is 0 Å². The predicted molar refractivity (Wildman–Crippen MR) is 92.4 cm³/mol. The highest BCUT2D eigenvalue weighted by molar-refractivity contribution is 6.73. The lowest BCUT2D eigenvalue weighted by molar-refractivity contribution is 0.185. The molecule has 0 aliphatic heterocycles. The van der Waals surface area contributed by atoms with Gasteiger partial charge >= 0.3 is 0 Å². The van der Waals surface area contributed by atoms with Crippen molar-refractivity contribution in [3.05, 3.63) is 11.8 Å². The van der Waals surface area contributed by atoms with Crippen LogP contribution in [0.1, 0.15) is 73.6 Å². The summed E-state index contributed by atoms with van der Waals surface area (Å²) in [5.41, 5.74) is 0.455. The molecule has 0 aromatic heterocycles. The summed E-state index contributed by atoms with van der Waals surface area (Å²) in [5, 5.41) is 0. The monoisotopic (exact) mass is 296 g/mol. The zero-order valence-corrected chi connectivity index (χ0v) is 15.7. The van der Waals surface area contributed by atoms with Gasteiger partial charge in [0, 0.05) is 6.42 Å². The van der Waals surface area contributed by atoms with E-state index in [1.165, 1.54) is 49.6 Å². The van der Waals surface area contributed by atoms with Crippen molar-refractivity contribution in [3.63, 3.8) is 0 Å². The van der Waals surface area contributed by atoms with Crippen molar-refractivity contribution in [2.24, 2.45) is 11.3 Å². The lowest BCUT2D eigenvalue weighted by Crippen LogP contribution is -2.37. The molecule has 1 aliphatic carbocycles. The van der Waals surface area contributed by atoms with Crippen LogP contribution in [0, 0.1) is 11.3 Å². The molecule has 1 rings (SSSR count). The molecular formula is C18H36OSi. The second kappa shape index (κ2) is 7.68. The van der Waals surface area contributed by atoms with Crippen LogP contribution in [0.3, 0.4) is 0 Å². The Morgan fingerprint density at radius 3 is 2.25 bits per heavy atom. The Labute approximate surface area is 128 Å². The number of unbranched alkanes of at least 4 members (excludes halogenated alkanes) is 1. The average Bonchev–Trinajstić information content (AvgIpc) is 2.45. The summed E-state index contributed by atoms with van der Waals surface area (Å²) in [6, 6.07) is 3.75. The Bertz CT molecular complexity index is 307. The van der Waals surface area contributed by atoms with Crippen LogP contribution in [-0.4, -0.2) is 8.32 Å². The first kappa shape index (κ1) is 17.8. The normalized spacial score (nSPS) is 22.5. The molecule has 0 aromatic carbocycles. The van der Waals surface area contributed by atoms with Crippen molar-refractivity contribution in [2.75, 3.05) is 0 Å². The Morgan fingerprint density at radius 1 is 1.15 bits per heavy atom. The Hall–Kier alpha value is -0.243. The highest BCUT2D eigenvalue weighted by atomic mass is 28.4. The molecule has 118 valence electrons. The Balaban J connectivity index is 2.82. The molecule has 0 bridgehead atoms. The van der Waals surface area contributed by atoms with Crippen LogP contribution < -0.4 is 0 Å². The minimum Gasteiger partial charge on any atom is -0.547 e. The van der Waals surface area contributed by atoms with Crippen molar-refractivity contribution in [2.45, 2.75) is 91.8 Å². The Kier molecular flexibility index (Phi) is 6.83. The zero-order chi connectivity index (χ0) is 15.2. The van der Waals surface area contributed by atoms with E-state index in [0.29, 0.717) is 11.3 Å². The lowest BCUT2D eigenvalue weighted by Gasteiger charge is -2.40. The molecular weight excluding hydrogens is 260 g/mol. The first-order valence-electron chi connectivity index (χ1n) is 8.82. The number of hydrogen-bond donors (Lipinski definition) is 0. The van der Waals surface area contributed by atoms with E-state index in [2.05, 4.69) is 47.6 Å². The summed E-state index contributed by atoms with van der Waals surface area (Å²) in [5.74, 6) is 2.05. The smallest absolute Gasteiger partial charge is 0.250 e. The summed E-state index contributed by atoms with van der Waals surface area (Å²) in [7, 11) is -1.48. The molecule has 1 atom stereocenters. The van der Waals surface area contributed by atoms with Crippen LogP contribution in [0.4, 0.5) is 0 Å². The fourth-order valence-corrected chi connectivity index (χ4v) is 6.05. The van der Waals surface area contributed by atoms with Crippen LogP contribution in [0.15, 0.2) is 11.8 Å². The van der Waals surface area contributed by atoms with Gasteiger partial charge in [0.05, 0.1) is 5.76 Å². The van der Waals surface area contributed by atoms with Gasteiger partial charge in [-0.05, 0) is 48.4 Å². The molecule has 2 heteroatoms. The van der Waals surface area contributed by atoms with E-state index in [9.17, 15) is 0 Å². The van der Waals surface area contributed by atoms with Crippen LogP contribution in [-0.2, 0) is 4.43 Å². The first-order chi connectivity index (χ1) is 9.43. The van der Waals surface area contributed by atoms with Gasteiger partial charge in [-0.25, -0.2) is 0 Å². The third kappa shape index (κ3) is 4.38. The van der Waals surface area contributed by atoms with Crippen molar-refractivity contribution in [1.29, 1.82) is 0 Å². The summed E-state index contributed by atoms with van der Waals surface area (Å²) in [6.07, 6.45) is 8.92. The Morgan fingerprint density at radius 2 is 1.75 bits per heavy atom. The minimum absolute atomic E-state index is 0.455. The van der Waals surface area contributed by atoms with E-state index in [4.69, 9.17) is 4.43 Å². The molecule has 0 spiro atoms. The quantitative estimate of drug-likeness (QED) is 0.463. The average molecular weight is 297 g/mol. The van der Waals surface area contributed by atoms with Crippen molar-refractivity contribution >= 4 is 8.32 Å². The molecule has 1 aliphatic rings. The van der Waals surface area contributed by atoms with Crippen LogP contribution in [0.25, 0.3) is 0 Å². The van der Waals surface area contributed by atoms with Crippen molar-refractivity contribution < 1.29 is 4.43 Å². The van der Waals surface area contributed by atoms with E-state index in [0.717, 1.165) is 6.42 Å². The van der Waals surface area contributed by atoms with Gasteiger partial charge in [-0.3, -0.25) is 0 Å². The topological polar surface area (TPSA) is 9.23 Å². The van der Waals surface area contributed by atoms with Crippen LogP contribution >= 0.6 is 0 Å². The molecule has 1 unspecified atom stereocenters. The van der Waals surface area contributed by atoms with E-state index >= 15 is 0 Å². The van der Waals surface area contributed by atoms with E-state index < -0.39 is 8.32 Å². The van der Waals surface area contributed by atoms with Crippen LogP contribution in [0.5, 0.6) is 0 Å². The lowest BCUT2D eigenvalue weighted by atomic mass is 9.70. The second-order valence-electron chi connectivity index (χ2n) is 7.22. The van der Waals surface area contributed by atoms with E-state index in [1.54, 1.807) is 0 Å². The molecule has 0 heterocycles. The summed E-state index contributed by atoms with van der Waals surface area (Å²) in [4.78, 5) is 0. The zero-order valence-electron chi connectivity index (χ0n) is 14.7. The summed E-state index contributed by atoms with van der Waals surface area (Å²) < 4.78 is 6.63. The number of hydrogen-bond acceptors (Lipinski definition) is 1. The van der Waals surface area contributed by atoms with Gasteiger partial charge in [-0.1, -0.05) is 54.4 Å². The SMILES string of the molecule is CCCCC1C=C(O[Si](CC)(CC)CC)CCC1(C)C. The van der Waals surface area contributed by atoms with Gasteiger partial charge in [0.15, 0.2) is 0 Å². The second-order valence-corrected chi connectivity index (χ2v) is 11.9. The van der Waals surface area contributed by atoms with E-state index in [1.807, 2.05) is 0 Å². The summed E-state index contributed by atoms with van der Waals surface area (Å²) in [6.45, 7) is 14.1. The molecule has 1 nitrogen and oxygen atoms in total. The molecule has 0 fully saturated rings. The van der Waals surface area contributed by atoms with Crippen LogP contribution in [0.2, 0.25) is 18.1 Å². The predicted octanol–water partition coefficient (Wildman–Crippen LogP) is 6.52. The van der Waals surface area contributed by atoms with Gasteiger partial charge in [-0.15, -0.1) is 0 Å². The van der Waals surface area contributed by atoms with Gasteiger partial charge < -0.3 is 4.43 Å². The summed E-state index contributed by atoms with van der Waals surface area (Å²) >= 11 is 0. The molecule has 0 saturated carbocycles. The third-order valence-corrected chi connectivity index (χ3v) is 10.1. The maximum Gasteiger partial charge on any atom is 0.250 e. The molecule has 0 radical (unpaired) electrons. The van der Waals surface area contributed by atoms with Crippen molar-refractivity contribution in [1.82, 2.24) is 0 Å². The van der Waals surface area contributed by atoms with E-state index in [-0.39, 0.29) is 0 Å². The van der Waals surface area contributed by atoms with Gasteiger partial charge in [-0.2, -0.15) is 0 Å². The molecule has 0 amide bonds. The molecule has 0 saturated heterocycles. The number of rotatable bonds is 8. The molecule has 20 heavy (non-hydrogen) atoms. The van der Waals surface area contributed by atoms with Crippen molar-refractivity contribution in [3.8, 4) is 0 Å². The van der Waals surface area contributed by atoms with Gasteiger partial charge in [0.1, 0.15) is 0 Å². The molecule has 0 N–H and O–H groups in total. The largest absolute Gasteiger partial charge is 0.547 e. The highest BCUT2D eigenvalue weighted by Gasteiger charge is 2.36. The maximum absolute atomic E-state index is 6.63. The fourth-order valence-electron chi connectivity index (χ4n) is 3.39. The third-order valence-electron chi connectivity index (χ3n) is 5.56. The minimum atomic E-state index is -1.48. The molecule has 0 aromatic rings. The highest BCUT2D eigenvalue weighted by Crippen LogP contribution is 2.43. The number of allylic oxidation sites excluding steroid dienone is 2. The van der Waals surface area contributed by atoms with Gasteiger partial charge in [0.2, 0.25) is 8.32 Å². The maximum atomic E-state index is 6.63.